The zero-order chi connectivity index (χ0) is 14.6. The smallest absolute Gasteiger partial charge is 0.0487 e. The van der Waals surface area contributed by atoms with Gasteiger partial charge in [-0.2, -0.15) is 0 Å². The first-order chi connectivity index (χ1) is 8.69. The second-order valence-corrected chi connectivity index (χ2v) is 13.4. The molecular weight excluding hydrogens is 244 g/mol. The van der Waals surface area contributed by atoms with Crippen LogP contribution in [-0.2, 0) is 6.04 Å². The van der Waals surface area contributed by atoms with Gasteiger partial charge in [0.05, 0.1) is 0 Å². The molecular formula is C18H32Si. The van der Waals surface area contributed by atoms with E-state index in [4.69, 9.17) is 0 Å². The highest BCUT2D eigenvalue weighted by Gasteiger charge is 2.18. The minimum atomic E-state index is -0.991. The summed E-state index contributed by atoms with van der Waals surface area (Å²) in [5.41, 5.74) is 3.05. The van der Waals surface area contributed by atoms with Crippen molar-refractivity contribution in [2.24, 2.45) is 11.8 Å². The lowest BCUT2D eigenvalue weighted by Gasteiger charge is -2.24. The summed E-state index contributed by atoms with van der Waals surface area (Å²) in [5.74, 6) is 2.21. The van der Waals surface area contributed by atoms with Crippen LogP contribution in [-0.4, -0.2) is 8.07 Å². The summed E-state index contributed by atoms with van der Waals surface area (Å²) in [6.07, 6.45) is 1.30. The minimum absolute atomic E-state index is 0.709. The molecule has 0 spiro atoms. The Bertz CT molecular complexity index is 368. The van der Waals surface area contributed by atoms with Crippen LogP contribution in [0.25, 0.3) is 0 Å². The van der Waals surface area contributed by atoms with Crippen molar-refractivity contribution >= 4 is 8.07 Å². The summed E-state index contributed by atoms with van der Waals surface area (Å²) in [4.78, 5) is 0. The van der Waals surface area contributed by atoms with E-state index in [1.807, 2.05) is 0 Å². The van der Waals surface area contributed by atoms with Crippen molar-refractivity contribution in [3.8, 4) is 0 Å². The lowest BCUT2D eigenvalue weighted by Crippen LogP contribution is -2.23. The lowest BCUT2D eigenvalue weighted by molar-refractivity contribution is 0.408. The molecule has 1 aromatic rings. The maximum Gasteiger partial charge on any atom is 0.0487 e. The highest BCUT2D eigenvalue weighted by Crippen LogP contribution is 2.31. The minimum Gasteiger partial charge on any atom is -0.0693 e. The maximum absolute atomic E-state index is 2.44. The molecule has 108 valence electrons. The fraction of sp³-hybridized carbons (Fsp3) is 0.667. The first kappa shape index (κ1) is 16.5. The first-order valence-electron chi connectivity index (χ1n) is 7.78. The normalized spacial score (nSPS) is 14.2. The van der Waals surface area contributed by atoms with Gasteiger partial charge in [-0.1, -0.05) is 77.2 Å². The standard InChI is InChI=1S/C18H32Si/c1-14(2)12-18(15(3)4)17-10-8-16(9-11-17)13-19(5,6)7/h8-11,14-15,18H,12-13H2,1-7H3. The number of hydrogen-bond donors (Lipinski definition) is 0. The average molecular weight is 277 g/mol. The molecule has 0 N–H and O–H groups in total. The van der Waals surface area contributed by atoms with Crippen molar-refractivity contribution in [3.05, 3.63) is 35.4 Å². The molecule has 0 bridgehead atoms. The van der Waals surface area contributed by atoms with E-state index in [-0.39, 0.29) is 0 Å². The molecule has 0 saturated heterocycles. The Kier molecular flexibility index (Phi) is 5.85. The predicted molar refractivity (Wildman–Crippen MR) is 90.5 cm³/mol. The Morgan fingerprint density at radius 3 is 1.79 bits per heavy atom. The van der Waals surface area contributed by atoms with Crippen LogP contribution in [0.4, 0.5) is 0 Å². The number of rotatable bonds is 6. The zero-order valence-corrected chi connectivity index (χ0v) is 15.0. The van der Waals surface area contributed by atoms with E-state index < -0.39 is 8.07 Å². The third-order valence-corrected chi connectivity index (χ3v) is 5.14. The third kappa shape index (κ3) is 5.95. The monoisotopic (exact) mass is 276 g/mol. The van der Waals surface area contributed by atoms with Crippen molar-refractivity contribution in [1.82, 2.24) is 0 Å². The van der Waals surface area contributed by atoms with Gasteiger partial charge >= 0.3 is 0 Å². The average Bonchev–Trinajstić information content (AvgIpc) is 2.24. The second-order valence-electron chi connectivity index (χ2n) is 7.96. The van der Waals surface area contributed by atoms with E-state index >= 15 is 0 Å². The van der Waals surface area contributed by atoms with Gasteiger partial charge in [0.25, 0.3) is 0 Å². The van der Waals surface area contributed by atoms with Gasteiger partial charge in [0, 0.05) is 8.07 Å². The largest absolute Gasteiger partial charge is 0.0693 e. The van der Waals surface area contributed by atoms with Gasteiger partial charge in [-0.05, 0) is 35.8 Å². The molecule has 0 amide bonds. The molecule has 0 fully saturated rings. The van der Waals surface area contributed by atoms with Gasteiger partial charge < -0.3 is 0 Å². The van der Waals surface area contributed by atoms with E-state index in [1.165, 1.54) is 23.6 Å². The van der Waals surface area contributed by atoms with Crippen LogP contribution in [0.2, 0.25) is 19.6 Å². The Balaban J connectivity index is 2.83. The summed E-state index contributed by atoms with van der Waals surface area (Å²) < 4.78 is 0. The topological polar surface area (TPSA) is 0 Å². The number of benzene rings is 1. The van der Waals surface area contributed by atoms with Crippen LogP contribution in [0.15, 0.2) is 24.3 Å². The molecule has 0 radical (unpaired) electrons. The van der Waals surface area contributed by atoms with Crippen molar-refractivity contribution < 1.29 is 0 Å². The molecule has 0 nitrogen and oxygen atoms in total. The van der Waals surface area contributed by atoms with Crippen LogP contribution in [0.3, 0.4) is 0 Å². The molecule has 19 heavy (non-hydrogen) atoms. The fourth-order valence-corrected chi connectivity index (χ4v) is 4.26. The highest BCUT2D eigenvalue weighted by molar-refractivity contribution is 6.75. The van der Waals surface area contributed by atoms with E-state index in [1.54, 1.807) is 0 Å². The molecule has 0 aliphatic carbocycles. The van der Waals surface area contributed by atoms with Gasteiger partial charge in [0.2, 0.25) is 0 Å². The van der Waals surface area contributed by atoms with Crippen molar-refractivity contribution in [1.29, 1.82) is 0 Å². The van der Waals surface area contributed by atoms with E-state index in [0.717, 1.165) is 11.8 Å². The van der Waals surface area contributed by atoms with Crippen molar-refractivity contribution in [2.75, 3.05) is 0 Å². The molecule has 1 heteroatoms. The molecule has 1 rings (SSSR count). The first-order valence-corrected chi connectivity index (χ1v) is 11.5. The Hall–Kier alpha value is -0.563. The van der Waals surface area contributed by atoms with Gasteiger partial charge in [-0.3, -0.25) is 0 Å². The van der Waals surface area contributed by atoms with Crippen LogP contribution >= 0.6 is 0 Å². The molecule has 0 aliphatic heterocycles. The predicted octanol–water partition coefficient (Wildman–Crippen LogP) is 5.89. The number of hydrogen-bond acceptors (Lipinski definition) is 0. The Morgan fingerprint density at radius 2 is 1.42 bits per heavy atom. The van der Waals surface area contributed by atoms with E-state index in [0.29, 0.717) is 5.92 Å². The summed E-state index contributed by atoms with van der Waals surface area (Å²) in [6.45, 7) is 16.7. The van der Waals surface area contributed by atoms with Gasteiger partial charge in [-0.25, -0.2) is 0 Å². The molecule has 0 aliphatic rings. The van der Waals surface area contributed by atoms with Crippen LogP contribution in [0.5, 0.6) is 0 Å². The molecule has 0 aromatic heterocycles. The Morgan fingerprint density at radius 1 is 0.895 bits per heavy atom. The maximum atomic E-state index is 2.44. The molecule has 1 aromatic carbocycles. The molecule has 0 saturated carbocycles. The SMILES string of the molecule is CC(C)CC(c1ccc(C[Si](C)(C)C)cc1)C(C)C. The lowest BCUT2D eigenvalue weighted by atomic mass is 9.82. The van der Waals surface area contributed by atoms with Crippen molar-refractivity contribution in [2.45, 2.75) is 65.7 Å². The molecule has 1 atom stereocenters. The van der Waals surface area contributed by atoms with Gasteiger partial charge in [0.15, 0.2) is 0 Å². The summed E-state index contributed by atoms with van der Waals surface area (Å²) in [5, 5.41) is 0. The van der Waals surface area contributed by atoms with Gasteiger partial charge in [-0.15, -0.1) is 0 Å². The summed E-state index contributed by atoms with van der Waals surface area (Å²) >= 11 is 0. The van der Waals surface area contributed by atoms with Crippen LogP contribution in [0.1, 0.15) is 51.2 Å². The van der Waals surface area contributed by atoms with Crippen molar-refractivity contribution in [3.63, 3.8) is 0 Å². The highest BCUT2D eigenvalue weighted by atomic mass is 28.3. The van der Waals surface area contributed by atoms with Crippen LogP contribution < -0.4 is 0 Å². The van der Waals surface area contributed by atoms with E-state index in [9.17, 15) is 0 Å². The molecule has 0 heterocycles. The summed E-state index contributed by atoms with van der Waals surface area (Å²) in [6, 6.07) is 10.8. The quantitative estimate of drug-likeness (QED) is 0.568. The second kappa shape index (κ2) is 6.74. The molecule has 1 unspecified atom stereocenters. The third-order valence-electron chi connectivity index (χ3n) is 3.67. The van der Waals surface area contributed by atoms with Crippen LogP contribution in [0, 0.1) is 11.8 Å². The summed E-state index contributed by atoms with van der Waals surface area (Å²) in [7, 11) is -0.991. The fourth-order valence-electron chi connectivity index (χ4n) is 2.80. The Labute approximate surface area is 121 Å². The van der Waals surface area contributed by atoms with E-state index in [2.05, 4.69) is 71.6 Å². The zero-order valence-electron chi connectivity index (χ0n) is 14.0. The van der Waals surface area contributed by atoms with Gasteiger partial charge in [0.1, 0.15) is 0 Å².